The second kappa shape index (κ2) is 5.36. The monoisotopic (exact) mass is 327 g/mol. The molecule has 1 aromatic rings. The number of hydrogen-bond donors (Lipinski definition) is 1. The minimum atomic E-state index is -4.93. The molecule has 0 spiro atoms. The van der Waals surface area contributed by atoms with Gasteiger partial charge in [0.2, 0.25) is 0 Å². The average Bonchev–Trinajstić information content (AvgIpc) is 2.39. The van der Waals surface area contributed by atoms with Crippen molar-refractivity contribution in [3.63, 3.8) is 0 Å². The fourth-order valence-corrected chi connectivity index (χ4v) is 2.16. The van der Waals surface area contributed by atoms with Crippen molar-refractivity contribution in [2.24, 2.45) is 5.92 Å². The zero-order chi connectivity index (χ0) is 16.7. The Morgan fingerprint density at radius 2 is 1.55 bits per heavy atom. The van der Waals surface area contributed by atoms with Crippen molar-refractivity contribution >= 4 is 6.09 Å². The standard InChI is InChI=1S/C13H11F6NO2/c1-6-5-20-11(21)22-10(6)7-2-8(12(14,15)16)4-9(3-7)13(17,18)19/h2-4,6,10H,5H2,1H3,(H,20,21). The summed E-state index contributed by atoms with van der Waals surface area (Å²) in [4.78, 5) is 11.2. The highest BCUT2D eigenvalue weighted by molar-refractivity contribution is 5.68. The van der Waals surface area contributed by atoms with Gasteiger partial charge in [-0.1, -0.05) is 6.92 Å². The molecule has 1 N–H and O–H groups in total. The van der Waals surface area contributed by atoms with Crippen LogP contribution in [-0.4, -0.2) is 12.6 Å². The van der Waals surface area contributed by atoms with E-state index >= 15 is 0 Å². The lowest BCUT2D eigenvalue weighted by molar-refractivity contribution is -0.143. The average molecular weight is 327 g/mol. The smallest absolute Gasteiger partial charge is 0.416 e. The van der Waals surface area contributed by atoms with Gasteiger partial charge in [-0.05, 0) is 23.8 Å². The number of benzene rings is 1. The lowest BCUT2D eigenvalue weighted by Gasteiger charge is -2.30. The van der Waals surface area contributed by atoms with Gasteiger partial charge in [0.15, 0.2) is 0 Å². The molecular weight excluding hydrogens is 316 g/mol. The summed E-state index contributed by atoms with van der Waals surface area (Å²) in [5.41, 5.74) is -3.19. The second-order valence-electron chi connectivity index (χ2n) is 5.02. The molecule has 2 unspecified atom stereocenters. The van der Waals surface area contributed by atoms with Crippen molar-refractivity contribution in [3.05, 3.63) is 34.9 Å². The van der Waals surface area contributed by atoms with Crippen LogP contribution in [-0.2, 0) is 17.1 Å². The van der Waals surface area contributed by atoms with Gasteiger partial charge in [-0.25, -0.2) is 4.79 Å². The zero-order valence-electron chi connectivity index (χ0n) is 11.2. The number of rotatable bonds is 1. The number of alkyl carbamates (subject to hydrolysis) is 1. The molecule has 0 saturated carbocycles. The van der Waals surface area contributed by atoms with E-state index in [1.165, 1.54) is 0 Å². The van der Waals surface area contributed by atoms with E-state index in [1.54, 1.807) is 6.92 Å². The van der Waals surface area contributed by atoms with Crippen molar-refractivity contribution in [3.8, 4) is 0 Å². The molecule has 122 valence electrons. The van der Waals surface area contributed by atoms with Gasteiger partial charge in [-0.15, -0.1) is 0 Å². The molecule has 0 radical (unpaired) electrons. The van der Waals surface area contributed by atoms with Gasteiger partial charge in [0.1, 0.15) is 6.10 Å². The van der Waals surface area contributed by atoms with Crippen molar-refractivity contribution in [1.29, 1.82) is 0 Å². The largest absolute Gasteiger partial charge is 0.441 e. The van der Waals surface area contributed by atoms with Crippen LogP contribution in [0.2, 0.25) is 0 Å². The number of nitrogens with one attached hydrogen (secondary N) is 1. The van der Waals surface area contributed by atoms with Crippen LogP contribution in [0, 0.1) is 5.92 Å². The minimum Gasteiger partial charge on any atom is -0.441 e. The Bertz CT molecular complexity index is 549. The Hall–Kier alpha value is -1.93. The Balaban J connectivity index is 2.52. The lowest BCUT2D eigenvalue weighted by Crippen LogP contribution is -2.39. The summed E-state index contributed by atoms with van der Waals surface area (Å²) in [5, 5.41) is 2.32. The predicted molar refractivity (Wildman–Crippen MR) is 62.8 cm³/mol. The van der Waals surface area contributed by atoms with E-state index in [0.29, 0.717) is 12.1 Å². The van der Waals surface area contributed by atoms with Gasteiger partial charge >= 0.3 is 18.4 Å². The van der Waals surface area contributed by atoms with Crippen molar-refractivity contribution < 1.29 is 35.9 Å². The molecule has 2 atom stereocenters. The van der Waals surface area contributed by atoms with Crippen LogP contribution < -0.4 is 5.32 Å². The topological polar surface area (TPSA) is 38.3 Å². The fraction of sp³-hybridized carbons (Fsp3) is 0.462. The highest BCUT2D eigenvalue weighted by atomic mass is 19.4. The Morgan fingerprint density at radius 1 is 1.05 bits per heavy atom. The van der Waals surface area contributed by atoms with Crippen LogP contribution in [0.1, 0.15) is 29.7 Å². The Morgan fingerprint density at radius 3 is 2.00 bits per heavy atom. The minimum absolute atomic E-state index is 0.0388. The van der Waals surface area contributed by atoms with Crippen LogP contribution in [0.15, 0.2) is 18.2 Å². The van der Waals surface area contributed by atoms with Gasteiger partial charge in [0.25, 0.3) is 0 Å². The van der Waals surface area contributed by atoms with E-state index in [0.717, 1.165) is 0 Å². The third-order valence-electron chi connectivity index (χ3n) is 3.26. The first-order chi connectivity index (χ1) is 9.98. The predicted octanol–water partition coefficient (Wildman–Crippen LogP) is 4.14. The highest BCUT2D eigenvalue weighted by Crippen LogP contribution is 2.39. The number of halogens is 6. The van der Waals surface area contributed by atoms with E-state index in [2.05, 4.69) is 5.32 Å². The molecule has 1 saturated heterocycles. The van der Waals surface area contributed by atoms with Crippen LogP contribution >= 0.6 is 0 Å². The van der Waals surface area contributed by atoms with E-state index < -0.39 is 41.6 Å². The molecule has 3 nitrogen and oxygen atoms in total. The number of carbonyl (C=O) groups excluding carboxylic acids is 1. The van der Waals surface area contributed by atoms with Gasteiger partial charge in [-0.2, -0.15) is 26.3 Å². The summed E-state index contributed by atoms with van der Waals surface area (Å²) in [5.74, 6) is -0.470. The number of cyclic esters (lactones) is 1. The second-order valence-corrected chi connectivity index (χ2v) is 5.02. The van der Waals surface area contributed by atoms with Crippen molar-refractivity contribution in [2.45, 2.75) is 25.4 Å². The van der Waals surface area contributed by atoms with Gasteiger partial charge in [0.05, 0.1) is 11.1 Å². The molecule has 1 aromatic carbocycles. The first-order valence-electron chi connectivity index (χ1n) is 6.22. The first-order valence-corrected chi connectivity index (χ1v) is 6.22. The van der Waals surface area contributed by atoms with Crippen LogP contribution in [0.4, 0.5) is 31.1 Å². The highest BCUT2D eigenvalue weighted by Gasteiger charge is 2.39. The Kier molecular flexibility index (Phi) is 4.01. The van der Waals surface area contributed by atoms with Gasteiger partial charge in [-0.3, -0.25) is 0 Å². The van der Waals surface area contributed by atoms with Crippen molar-refractivity contribution in [1.82, 2.24) is 5.32 Å². The van der Waals surface area contributed by atoms with Crippen LogP contribution in [0.3, 0.4) is 0 Å². The molecule has 1 aliphatic heterocycles. The van der Waals surface area contributed by atoms with E-state index in [4.69, 9.17) is 4.74 Å². The molecule has 0 aromatic heterocycles. The molecule has 2 rings (SSSR count). The molecule has 1 heterocycles. The maximum absolute atomic E-state index is 12.8. The maximum atomic E-state index is 12.8. The summed E-state index contributed by atoms with van der Waals surface area (Å²) in [6, 6.07) is 1.20. The fourth-order valence-electron chi connectivity index (χ4n) is 2.16. The third kappa shape index (κ3) is 3.45. The van der Waals surface area contributed by atoms with Crippen LogP contribution in [0.5, 0.6) is 0 Å². The summed E-state index contributed by atoms with van der Waals surface area (Å²) in [6.07, 6.45) is -11.9. The van der Waals surface area contributed by atoms with Gasteiger partial charge in [0, 0.05) is 12.5 Å². The number of hydrogen-bond acceptors (Lipinski definition) is 2. The lowest BCUT2D eigenvalue weighted by atomic mass is 9.93. The molecular formula is C13H11F6NO2. The molecule has 1 amide bonds. The number of ether oxygens (including phenoxy) is 1. The number of alkyl halides is 6. The number of amides is 1. The van der Waals surface area contributed by atoms with Crippen molar-refractivity contribution in [2.75, 3.05) is 6.54 Å². The number of carbonyl (C=O) groups is 1. The summed E-state index contributed by atoms with van der Waals surface area (Å²) >= 11 is 0. The van der Waals surface area contributed by atoms with Gasteiger partial charge < -0.3 is 10.1 Å². The quantitative estimate of drug-likeness (QED) is 0.787. The summed E-state index contributed by atoms with van der Waals surface area (Å²) < 4.78 is 81.6. The molecule has 0 aliphatic carbocycles. The summed E-state index contributed by atoms with van der Waals surface area (Å²) in [6.45, 7) is 1.65. The molecule has 22 heavy (non-hydrogen) atoms. The summed E-state index contributed by atoms with van der Waals surface area (Å²) in [7, 11) is 0. The zero-order valence-corrected chi connectivity index (χ0v) is 11.2. The molecule has 1 fully saturated rings. The normalized spacial score (nSPS) is 23.0. The third-order valence-corrected chi connectivity index (χ3v) is 3.26. The SMILES string of the molecule is CC1CNC(=O)OC1c1cc(C(F)(F)F)cc(C(F)(F)F)c1. The Labute approximate surface area is 121 Å². The molecule has 1 aliphatic rings. The van der Waals surface area contributed by atoms with Crippen LogP contribution in [0.25, 0.3) is 0 Å². The molecule has 0 bridgehead atoms. The first kappa shape index (κ1) is 16.4. The molecule has 9 heteroatoms. The van der Waals surface area contributed by atoms with E-state index in [-0.39, 0.29) is 18.2 Å². The maximum Gasteiger partial charge on any atom is 0.416 e. The van der Waals surface area contributed by atoms with E-state index in [1.807, 2.05) is 0 Å². The van der Waals surface area contributed by atoms with E-state index in [9.17, 15) is 31.1 Å².